The van der Waals surface area contributed by atoms with E-state index in [-0.39, 0.29) is 37.4 Å². The number of methoxy groups -OCH3 is 8. The molecule has 12 rings (SSSR count). The van der Waals surface area contributed by atoms with E-state index in [0.29, 0.717) is 101 Å². The Hall–Kier alpha value is -9.89. The van der Waals surface area contributed by atoms with E-state index in [4.69, 9.17) is 37.9 Å². The first-order valence-corrected chi connectivity index (χ1v) is 44.6. The number of hydrogen-bond donors (Lipinski definition) is 12. The van der Waals surface area contributed by atoms with E-state index in [9.17, 15) is 35.0 Å². The van der Waals surface area contributed by atoms with Crippen LogP contribution >= 0.6 is 51.5 Å². The van der Waals surface area contributed by atoms with Crippen molar-refractivity contribution in [1.29, 1.82) is 0 Å². The number of phenolic OH excluding ortho intramolecular Hbond substituents is 6. The third-order valence-electron chi connectivity index (χ3n) is 18.4. The monoisotopic (exact) mass is 1760 g/mol. The van der Waals surface area contributed by atoms with E-state index in [2.05, 4.69) is 119 Å². The van der Waals surface area contributed by atoms with Gasteiger partial charge in [0.2, 0.25) is 0 Å². The number of nitrogens with one attached hydrogen (secondary N) is 6. The van der Waals surface area contributed by atoms with Crippen molar-refractivity contribution in [3.05, 3.63) is 275 Å². The van der Waals surface area contributed by atoms with Crippen LogP contribution in [0.5, 0.6) is 80.5 Å². The molecule has 0 aromatic heterocycles. The maximum absolute atomic E-state index is 13.4. The number of phenols is 6. The number of aryl methyl sites for hydroxylation is 2. The first-order chi connectivity index (χ1) is 58.6. The van der Waals surface area contributed by atoms with Gasteiger partial charge in [-0.2, -0.15) is 0 Å². The minimum Gasteiger partial charge on any atom is -0.507 e. The van der Waals surface area contributed by atoms with Crippen molar-refractivity contribution in [2.24, 2.45) is 0 Å². The summed E-state index contributed by atoms with van der Waals surface area (Å²) in [5.41, 5.74) is 9.63. The SMILES string of the molecule is CNCc1cc(C)ccc1Pc1cc(OC)ccc1O.CNCc1cc(F)ccc1Pc1cc(OC)cc(OC)c1O.CNCc1cccc(C)c1Pc1cccc(OC)c1O.CNCc1ccccc1Pc1cc(OC)cc(OC)c1O.CNCc1ccccc1Pc1cc(OC)ccc1O.CNCc1ccccc1Pc1cccc(OC)c1O. The summed E-state index contributed by atoms with van der Waals surface area (Å²) in [6.07, 6.45) is 0. The quantitative estimate of drug-likeness (QED) is 0.0175. The molecule has 12 aromatic rings. The Balaban J connectivity index is 0.000000200. The van der Waals surface area contributed by atoms with Gasteiger partial charge in [-0.1, -0.05) is 197 Å². The molecule has 0 spiro atoms. The van der Waals surface area contributed by atoms with Crippen LogP contribution in [0.4, 0.5) is 4.39 Å². The molecule has 0 aliphatic carbocycles. The van der Waals surface area contributed by atoms with E-state index in [1.165, 1.54) is 91.8 Å². The Kier molecular flexibility index (Phi) is 42.6. The molecule has 0 fully saturated rings. The zero-order chi connectivity index (χ0) is 87.8. The average Bonchev–Trinajstić information content (AvgIpc) is 1.80. The predicted octanol–water partition coefficient (Wildman–Crippen LogP) is 11.3. The van der Waals surface area contributed by atoms with Crippen LogP contribution in [-0.4, -0.2) is 130 Å². The molecule has 20 nitrogen and oxygen atoms in total. The van der Waals surface area contributed by atoms with Crippen molar-refractivity contribution >= 4 is 115 Å². The Morgan fingerprint density at radius 1 is 0.256 bits per heavy atom. The highest BCUT2D eigenvalue weighted by atomic mass is 31.1. The number of rotatable bonds is 32. The second-order valence-electron chi connectivity index (χ2n) is 26.9. The van der Waals surface area contributed by atoms with E-state index in [0.717, 1.165) is 81.6 Å². The Morgan fingerprint density at radius 2 is 0.570 bits per heavy atom. The van der Waals surface area contributed by atoms with Gasteiger partial charge in [-0.15, -0.1) is 0 Å². The molecule has 6 unspecified atom stereocenters. The topological polar surface area (TPSA) is 267 Å². The van der Waals surface area contributed by atoms with Gasteiger partial charge in [0.1, 0.15) is 40.3 Å². The fourth-order valence-electron chi connectivity index (χ4n) is 12.2. The van der Waals surface area contributed by atoms with Crippen LogP contribution in [0.1, 0.15) is 44.5 Å². The number of aromatic hydroxyl groups is 6. The molecule has 0 aliphatic heterocycles. The summed E-state index contributed by atoms with van der Waals surface area (Å²) >= 11 is 0. The number of para-hydroxylation sites is 2. The summed E-state index contributed by atoms with van der Waals surface area (Å²) in [5.74, 6) is 5.78. The fourth-order valence-corrected chi connectivity index (χ4v) is 19.7. The molecule has 0 bridgehead atoms. The van der Waals surface area contributed by atoms with E-state index < -0.39 is 0 Å². The normalized spacial score (nSPS) is 11.1. The summed E-state index contributed by atoms with van der Waals surface area (Å²) in [7, 11) is 26.2. The van der Waals surface area contributed by atoms with Crippen molar-refractivity contribution < 1.29 is 72.9 Å². The highest BCUT2D eigenvalue weighted by molar-refractivity contribution is 7.57. The number of ether oxygens (including phenoxy) is 8. The molecule has 0 aliphatic rings. The average molecular weight is 1760 g/mol. The van der Waals surface area contributed by atoms with Gasteiger partial charge >= 0.3 is 0 Å². The van der Waals surface area contributed by atoms with Crippen molar-refractivity contribution in [3.63, 3.8) is 0 Å². The van der Waals surface area contributed by atoms with Gasteiger partial charge in [0, 0.05) is 83.2 Å². The fraction of sp³-hybridized carbons (Fsp3) is 0.234. The van der Waals surface area contributed by atoms with Crippen molar-refractivity contribution in [2.75, 3.05) is 99.2 Å². The van der Waals surface area contributed by atoms with Crippen molar-refractivity contribution in [3.8, 4) is 80.5 Å². The van der Waals surface area contributed by atoms with E-state index in [1.807, 2.05) is 121 Å². The molecule has 12 aromatic carbocycles. The van der Waals surface area contributed by atoms with Gasteiger partial charge < -0.3 is 100 Å². The highest BCUT2D eigenvalue weighted by Crippen LogP contribution is 2.37. The van der Waals surface area contributed by atoms with Crippen LogP contribution in [0.2, 0.25) is 0 Å². The first kappa shape index (κ1) is 98.2. The van der Waals surface area contributed by atoms with Gasteiger partial charge in [-0.3, -0.25) is 0 Å². The van der Waals surface area contributed by atoms with Crippen LogP contribution in [0, 0.1) is 19.7 Å². The molecular weight excluding hydrogens is 1640 g/mol. The minimum atomic E-state index is -0.272. The van der Waals surface area contributed by atoms with Crippen molar-refractivity contribution in [2.45, 2.75) is 53.1 Å². The highest BCUT2D eigenvalue weighted by Gasteiger charge is 2.19. The van der Waals surface area contributed by atoms with Crippen LogP contribution < -0.4 is 133 Å². The summed E-state index contributed by atoms with van der Waals surface area (Å²) < 4.78 is 55.0. The standard InChI is InChI=1S/C16H19FNO3P.C16H20NO3P.2C16H20NO2P.2C15H18NO2P/c1-18-9-10-6-11(17)4-5-14(10)22-15-8-12(20-2)7-13(21-3)16(15)19;1-17-10-11-6-4-5-7-14(11)21-15-9-12(19-2)8-13(20-3)16(15)18;1-11-4-7-15(12(8-11)10-17-2)20-16-9-13(19-3)5-6-14(16)18;1-11-6-4-7-12(10-17-2)16(11)20-14-9-5-8-13(19-3)15(14)18;1-16-10-11-6-3-4-8-13(11)19-14-9-5-7-12(18-2)15(14)17;1-16-10-11-5-3-4-6-14(11)19-15-9-12(18-2)7-8-13(15)17/h4-8,18-19,22H,9H2,1-3H3;4-9,17-18,21H,10H2,1-3H3;2*4-9,17-18,20H,10H2,1-3H3;2*3-9,16-17,19H,10H2,1-2H3. The zero-order valence-electron chi connectivity index (χ0n) is 71.4. The third kappa shape index (κ3) is 30.0. The van der Waals surface area contributed by atoms with Crippen LogP contribution in [-0.2, 0) is 39.3 Å². The largest absolute Gasteiger partial charge is 0.507 e. The number of halogens is 1. The van der Waals surface area contributed by atoms with Gasteiger partial charge in [0.15, 0.2) is 46.0 Å². The third-order valence-corrected chi connectivity index (χ3v) is 27.1. The molecule has 0 amide bonds. The lowest BCUT2D eigenvalue weighted by molar-refractivity contribution is 0.366. The first-order valence-electron chi connectivity index (χ1n) is 38.6. The number of benzene rings is 12. The lowest BCUT2D eigenvalue weighted by atomic mass is 10.1. The predicted molar refractivity (Wildman–Crippen MR) is 511 cm³/mol. The van der Waals surface area contributed by atoms with E-state index >= 15 is 0 Å². The second kappa shape index (κ2) is 52.4. The van der Waals surface area contributed by atoms with Gasteiger partial charge in [-0.25, -0.2) is 4.39 Å². The van der Waals surface area contributed by atoms with Crippen LogP contribution in [0.15, 0.2) is 224 Å². The molecule has 121 heavy (non-hydrogen) atoms. The molecular formula is C94H115FN6O14P6. The molecule has 6 atom stereocenters. The van der Waals surface area contributed by atoms with E-state index in [1.54, 1.807) is 103 Å². The summed E-state index contributed by atoms with van der Waals surface area (Å²) in [6.45, 7) is 8.87. The van der Waals surface area contributed by atoms with Gasteiger partial charge in [0.05, 0.1) is 56.9 Å². The molecule has 0 saturated carbocycles. The summed E-state index contributed by atoms with van der Waals surface area (Å²) in [5, 5.41) is 92.1. The molecule has 0 saturated heterocycles. The Bertz CT molecular complexity index is 5200. The molecule has 0 heterocycles. The van der Waals surface area contributed by atoms with Crippen LogP contribution in [0.3, 0.4) is 0 Å². The zero-order valence-corrected chi connectivity index (χ0v) is 77.4. The lowest BCUT2D eigenvalue weighted by Crippen LogP contribution is -2.17. The maximum Gasteiger partial charge on any atom is 0.165 e. The molecule has 12 N–H and O–H groups in total. The molecule has 0 radical (unpaired) electrons. The Morgan fingerprint density at radius 3 is 0.975 bits per heavy atom. The molecule has 642 valence electrons. The van der Waals surface area contributed by atoms with Crippen molar-refractivity contribution in [1.82, 2.24) is 31.9 Å². The Labute approximate surface area is 723 Å². The molecule has 27 heteroatoms. The minimum absolute atomic E-state index is 0.0846. The van der Waals surface area contributed by atoms with Gasteiger partial charge in [0.25, 0.3) is 0 Å². The van der Waals surface area contributed by atoms with Crippen LogP contribution in [0.25, 0.3) is 0 Å². The smallest absolute Gasteiger partial charge is 0.165 e. The lowest BCUT2D eigenvalue weighted by Gasteiger charge is -2.14. The summed E-state index contributed by atoms with van der Waals surface area (Å²) in [4.78, 5) is 0. The summed E-state index contributed by atoms with van der Waals surface area (Å²) in [6, 6.07) is 71.0. The second-order valence-corrected chi connectivity index (χ2v) is 34.8. The van der Waals surface area contributed by atoms with Gasteiger partial charge in [-0.05, 0) is 200 Å². The number of hydrogen-bond acceptors (Lipinski definition) is 20. The maximum atomic E-state index is 13.4.